The topological polar surface area (TPSA) is 67.8 Å². The van der Waals surface area contributed by atoms with Crippen molar-refractivity contribution in [1.82, 2.24) is 5.43 Å². The lowest BCUT2D eigenvalue weighted by atomic mass is 10.0. The number of amides is 1. The van der Waals surface area contributed by atoms with Gasteiger partial charge in [-0.1, -0.05) is 59.6 Å². The maximum absolute atomic E-state index is 12.6. The number of esters is 1. The molecule has 1 N–H and O–H groups in total. The number of ether oxygens (including phenoxy) is 1. The third-order valence-electron chi connectivity index (χ3n) is 4.66. The minimum atomic E-state index is -0.433. The summed E-state index contributed by atoms with van der Waals surface area (Å²) in [5.74, 6) is -0.447. The van der Waals surface area contributed by atoms with Crippen LogP contribution in [0.15, 0.2) is 90.0 Å². The smallest absolute Gasteiger partial charge is 0.344 e. The highest BCUT2D eigenvalue weighted by Gasteiger charge is 2.12. The van der Waals surface area contributed by atoms with E-state index in [-0.39, 0.29) is 5.02 Å². The molecular formula is C25H16Cl2N2O3. The van der Waals surface area contributed by atoms with Crippen molar-refractivity contribution in [1.29, 1.82) is 0 Å². The van der Waals surface area contributed by atoms with E-state index in [0.717, 1.165) is 10.8 Å². The average Bonchev–Trinajstić information content (AvgIpc) is 2.81. The van der Waals surface area contributed by atoms with Crippen LogP contribution >= 0.6 is 23.2 Å². The van der Waals surface area contributed by atoms with Gasteiger partial charge in [0.1, 0.15) is 5.75 Å². The monoisotopic (exact) mass is 462 g/mol. The van der Waals surface area contributed by atoms with E-state index in [1.807, 2.05) is 36.4 Å². The van der Waals surface area contributed by atoms with E-state index in [9.17, 15) is 9.59 Å². The number of fused-ring (bicyclic) bond motifs is 1. The van der Waals surface area contributed by atoms with Gasteiger partial charge in [-0.15, -0.1) is 0 Å². The second kappa shape index (κ2) is 9.64. The van der Waals surface area contributed by atoms with E-state index in [4.69, 9.17) is 27.9 Å². The Morgan fingerprint density at radius 3 is 2.38 bits per heavy atom. The van der Waals surface area contributed by atoms with E-state index in [2.05, 4.69) is 10.5 Å². The summed E-state index contributed by atoms with van der Waals surface area (Å²) in [7, 11) is 0. The molecule has 32 heavy (non-hydrogen) atoms. The van der Waals surface area contributed by atoms with Gasteiger partial charge in [-0.05, 0) is 64.9 Å². The zero-order valence-electron chi connectivity index (χ0n) is 16.6. The number of hydrogen-bond donors (Lipinski definition) is 1. The quantitative estimate of drug-likeness (QED) is 0.168. The molecule has 0 aromatic heterocycles. The van der Waals surface area contributed by atoms with Gasteiger partial charge in [0.2, 0.25) is 0 Å². The first-order valence-electron chi connectivity index (χ1n) is 9.60. The van der Waals surface area contributed by atoms with Gasteiger partial charge in [0, 0.05) is 5.56 Å². The standard InChI is InChI=1S/C25H16Cl2N2O3/c26-22-13-10-18(14-23(22)27)24(30)29-28-15-16-8-11-19(12-9-16)32-25(31)21-7-3-5-17-4-1-2-6-20(17)21/h1-15H,(H,29,30)/b28-15-. The zero-order valence-corrected chi connectivity index (χ0v) is 18.1. The number of benzene rings is 4. The lowest BCUT2D eigenvalue weighted by Gasteiger charge is -2.07. The highest BCUT2D eigenvalue weighted by Crippen LogP contribution is 2.23. The van der Waals surface area contributed by atoms with Crippen LogP contribution in [0.1, 0.15) is 26.3 Å². The summed E-state index contributed by atoms with van der Waals surface area (Å²) in [6.45, 7) is 0. The van der Waals surface area contributed by atoms with Crippen molar-refractivity contribution in [3.8, 4) is 5.75 Å². The van der Waals surface area contributed by atoms with Crippen LogP contribution in [0, 0.1) is 0 Å². The molecule has 4 aromatic rings. The third-order valence-corrected chi connectivity index (χ3v) is 5.40. The Morgan fingerprint density at radius 1 is 0.844 bits per heavy atom. The van der Waals surface area contributed by atoms with Gasteiger partial charge in [-0.25, -0.2) is 10.2 Å². The Morgan fingerprint density at radius 2 is 1.59 bits per heavy atom. The first-order chi connectivity index (χ1) is 15.5. The normalized spacial score (nSPS) is 10.9. The third kappa shape index (κ3) is 4.97. The summed E-state index contributed by atoms with van der Waals surface area (Å²) in [5.41, 5.74) is 3.97. The van der Waals surface area contributed by atoms with Gasteiger partial charge in [0.15, 0.2) is 0 Å². The molecule has 0 heterocycles. The first-order valence-corrected chi connectivity index (χ1v) is 10.4. The molecule has 0 bridgehead atoms. The summed E-state index contributed by atoms with van der Waals surface area (Å²) in [6.07, 6.45) is 1.48. The number of hydrogen-bond acceptors (Lipinski definition) is 4. The fourth-order valence-corrected chi connectivity index (χ4v) is 3.35. The SMILES string of the molecule is O=C(N/N=C\c1ccc(OC(=O)c2cccc3ccccc23)cc1)c1ccc(Cl)c(Cl)c1. The van der Waals surface area contributed by atoms with Crippen molar-refractivity contribution in [2.45, 2.75) is 0 Å². The number of rotatable bonds is 5. The van der Waals surface area contributed by atoms with Gasteiger partial charge in [-0.2, -0.15) is 5.10 Å². The molecule has 0 aliphatic rings. The lowest BCUT2D eigenvalue weighted by molar-refractivity contribution is 0.0736. The van der Waals surface area contributed by atoms with Crippen LogP contribution < -0.4 is 10.2 Å². The summed E-state index contributed by atoms with van der Waals surface area (Å²) >= 11 is 11.8. The summed E-state index contributed by atoms with van der Waals surface area (Å²) in [5, 5.41) is 6.39. The Balaban J connectivity index is 1.39. The van der Waals surface area contributed by atoms with Crippen LogP contribution in [0.2, 0.25) is 10.0 Å². The summed E-state index contributed by atoms with van der Waals surface area (Å²) in [4.78, 5) is 24.7. The molecule has 0 saturated carbocycles. The van der Waals surface area contributed by atoms with Gasteiger partial charge >= 0.3 is 5.97 Å². The van der Waals surface area contributed by atoms with Gasteiger partial charge in [0.25, 0.3) is 5.91 Å². The fourth-order valence-electron chi connectivity index (χ4n) is 3.05. The van der Waals surface area contributed by atoms with E-state index in [0.29, 0.717) is 27.5 Å². The predicted octanol–water partition coefficient (Wildman–Crippen LogP) is 6.13. The van der Waals surface area contributed by atoms with Crippen LogP contribution in [-0.4, -0.2) is 18.1 Å². The average molecular weight is 463 g/mol. The second-order valence-electron chi connectivity index (χ2n) is 6.81. The van der Waals surface area contributed by atoms with Crippen LogP contribution in [0.25, 0.3) is 10.8 Å². The maximum atomic E-state index is 12.6. The number of carbonyl (C=O) groups is 2. The van der Waals surface area contributed by atoms with E-state index >= 15 is 0 Å². The van der Waals surface area contributed by atoms with E-state index in [1.165, 1.54) is 12.3 Å². The largest absolute Gasteiger partial charge is 0.423 e. The van der Waals surface area contributed by atoms with Crippen LogP contribution in [0.3, 0.4) is 0 Å². The fraction of sp³-hybridized carbons (Fsp3) is 0. The maximum Gasteiger partial charge on any atom is 0.344 e. The number of hydrazone groups is 1. The molecule has 4 rings (SSSR count). The molecule has 0 unspecified atom stereocenters. The second-order valence-corrected chi connectivity index (χ2v) is 7.63. The van der Waals surface area contributed by atoms with Crippen molar-refractivity contribution >= 4 is 52.1 Å². The highest BCUT2D eigenvalue weighted by atomic mass is 35.5. The zero-order chi connectivity index (χ0) is 22.5. The van der Waals surface area contributed by atoms with Crippen LogP contribution in [0.4, 0.5) is 0 Å². The molecule has 4 aromatic carbocycles. The van der Waals surface area contributed by atoms with Crippen molar-refractivity contribution < 1.29 is 14.3 Å². The summed E-state index contributed by atoms with van der Waals surface area (Å²) in [6, 6.07) is 24.5. The molecule has 7 heteroatoms. The number of halogens is 2. The van der Waals surface area contributed by atoms with Gasteiger partial charge in [0.05, 0.1) is 21.8 Å². The molecule has 1 amide bonds. The molecule has 158 valence electrons. The van der Waals surface area contributed by atoms with E-state index in [1.54, 1.807) is 42.5 Å². The molecule has 0 fully saturated rings. The molecule has 0 saturated heterocycles. The predicted molar refractivity (Wildman–Crippen MR) is 127 cm³/mol. The Hall–Kier alpha value is -3.67. The lowest BCUT2D eigenvalue weighted by Crippen LogP contribution is -2.17. The number of carbonyl (C=O) groups excluding carboxylic acids is 2. The molecule has 5 nitrogen and oxygen atoms in total. The molecular weight excluding hydrogens is 447 g/mol. The molecule has 0 atom stereocenters. The minimum absolute atomic E-state index is 0.289. The van der Waals surface area contributed by atoms with E-state index < -0.39 is 11.9 Å². The van der Waals surface area contributed by atoms with Crippen LogP contribution in [-0.2, 0) is 0 Å². The highest BCUT2D eigenvalue weighted by molar-refractivity contribution is 6.42. The first kappa shape index (κ1) is 21.6. The Bertz CT molecular complexity index is 1330. The van der Waals surface area contributed by atoms with Crippen LogP contribution in [0.5, 0.6) is 5.75 Å². The van der Waals surface area contributed by atoms with Crippen molar-refractivity contribution in [3.05, 3.63) is 112 Å². The Kier molecular flexibility index (Phi) is 6.50. The minimum Gasteiger partial charge on any atom is -0.423 e. The van der Waals surface area contributed by atoms with Crippen molar-refractivity contribution in [2.24, 2.45) is 5.10 Å². The van der Waals surface area contributed by atoms with Gasteiger partial charge < -0.3 is 4.74 Å². The van der Waals surface area contributed by atoms with Crippen molar-refractivity contribution in [3.63, 3.8) is 0 Å². The Labute approximate surface area is 194 Å². The molecule has 0 aliphatic carbocycles. The van der Waals surface area contributed by atoms with Crippen molar-refractivity contribution in [2.75, 3.05) is 0 Å². The number of nitrogens with zero attached hydrogens (tertiary/aromatic N) is 1. The number of nitrogens with one attached hydrogen (secondary N) is 1. The van der Waals surface area contributed by atoms with Gasteiger partial charge in [-0.3, -0.25) is 4.79 Å². The molecule has 0 spiro atoms. The molecule has 0 radical (unpaired) electrons. The molecule has 0 aliphatic heterocycles. The summed E-state index contributed by atoms with van der Waals surface area (Å²) < 4.78 is 5.51.